The maximum absolute atomic E-state index is 12.8. The third-order valence-corrected chi connectivity index (χ3v) is 5.22. The number of rotatable bonds is 5. The number of carbonyl (C=O) groups excluding carboxylic acids is 1. The summed E-state index contributed by atoms with van der Waals surface area (Å²) in [6.07, 6.45) is 5.33. The van der Waals surface area contributed by atoms with Crippen LogP contribution >= 0.6 is 0 Å². The van der Waals surface area contributed by atoms with Gasteiger partial charge in [0, 0.05) is 24.0 Å². The molecular weight excluding hydrogens is 392 g/mol. The van der Waals surface area contributed by atoms with Gasteiger partial charge in [-0.2, -0.15) is 0 Å². The minimum absolute atomic E-state index is 0.0770. The standard InChI is InChI=1S/C23H20N6O2/c1-14-3-2-4-15(9-14)20(13-30)28-23(31)22-26-18-10-16-12-25-29(17-5-7-24-8-6-17)21(16)11-19(18)27-22/h2-12,20,25,30H,13H2,1H3,(H,28,31). The molecule has 154 valence electrons. The summed E-state index contributed by atoms with van der Waals surface area (Å²) >= 11 is 0. The number of aryl methyl sites for hydroxylation is 1. The molecule has 5 rings (SSSR count). The number of hydrogen-bond donors (Lipinski definition) is 3. The van der Waals surface area contributed by atoms with Crippen LogP contribution < -0.4 is 5.32 Å². The highest BCUT2D eigenvalue weighted by Crippen LogP contribution is 2.24. The van der Waals surface area contributed by atoms with Crippen LogP contribution in [0, 0.1) is 6.92 Å². The lowest BCUT2D eigenvalue weighted by Gasteiger charge is -2.16. The number of aromatic amines is 1. The largest absolute Gasteiger partial charge is 0.394 e. The molecule has 0 spiro atoms. The fraction of sp³-hybridized carbons (Fsp3) is 0.130. The average molecular weight is 412 g/mol. The second kappa shape index (κ2) is 7.66. The summed E-state index contributed by atoms with van der Waals surface area (Å²) < 4.78 is 1.92. The molecule has 0 radical (unpaired) electrons. The molecule has 31 heavy (non-hydrogen) atoms. The van der Waals surface area contributed by atoms with Crippen molar-refractivity contribution in [2.45, 2.75) is 13.0 Å². The highest BCUT2D eigenvalue weighted by Gasteiger charge is 2.19. The van der Waals surface area contributed by atoms with Gasteiger partial charge in [-0.05, 0) is 36.8 Å². The number of amides is 1. The Morgan fingerprint density at radius 3 is 2.65 bits per heavy atom. The van der Waals surface area contributed by atoms with Crippen LogP contribution in [-0.2, 0) is 0 Å². The molecule has 5 aromatic rings. The number of carbonyl (C=O) groups is 1. The predicted octanol–water partition coefficient (Wildman–Crippen LogP) is 3.07. The number of fused-ring (bicyclic) bond motifs is 2. The van der Waals surface area contributed by atoms with Crippen LogP contribution in [0.15, 0.2) is 67.1 Å². The van der Waals surface area contributed by atoms with Crippen molar-refractivity contribution in [3.63, 3.8) is 0 Å². The number of aliphatic hydroxyl groups excluding tert-OH is 1. The normalized spacial score (nSPS) is 12.3. The lowest BCUT2D eigenvalue weighted by Crippen LogP contribution is -2.31. The Kier molecular flexibility index (Phi) is 4.68. The Morgan fingerprint density at radius 2 is 1.90 bits per heavy atom. The number of pyridine rings is 1. The Balaban J connectivity index is 1.47. The zero-order valence-electron chi connectivity index (χ0n) is 16.8. The van der Waals surface area contributed by atoms with E-state index in [0.29, 0.717) is 11.0 Å². The van der Waals surface area contributed by atoms with Crippen molar-refractivity contribution in [3.8, 4) is 5.69 Å². The van der Waals surface area contributed by atoms with Crippen LogP contribution in [0.1, 0.15) is 27.8 Å². The van der Waals surface area contributed by atoms with Gasteiger partial charge in [0.05, 0.1) is 34.9 Å². The summed E-state index contributed by atoms with van der Waals surface area (Å²) in [5.41, 5.74) is 4.99. The monoisotopic (exact) mass is 412 g/mol. The van der Waals surface area contributed by atoms with E-state index in [9.17, 15) is 9.90 Å². The first-order valence-corrected chi connectivity index (χ1v) is 9.89. The van der Waals surface area contributed by atoms with Gasteiger partial charge in [-0.15, -0.1) is 0 Å². The van der Waals surface area contributed by atoms with E-state index in [1.165, 1.54) is 0 Å². The Hall–Kier alpha value is -4.04. The third-order valence-electron chi connectivity index (χ3n) is 5.22. The van der Waals surface area contributed by atoms with E-state index in [4.69, 9.17) is 0 Å². The molecule has 0 aliphatic heterocycles. The van der Waals surface area contributed by atoms with E-state index in [1.807, 2.05) is 66.3 Å². The maximum Gasteiger partial charge on any atom is 0.289 e. The Labute approximate surface area is 177 Å². The van der Waals surface area contributed by atoms with E-state index in [-0.39, 0.29) is 12.4 Å². The van der Waals surface area contributed by atoms with Crippen molar-refractivity contribution >= 4 is 27.8 Å². The van der Waals surface area contributed by atoms with Gasteiger partial charge in [-0.3, -0.25) is 14.5 Å². The van der Waals surface area contributed by atoms with Gasteiger partial charge in [-0.1, -0.05) is 29.8 Å². The van der Waals surface area contributed by atoms with Crippen molar-refractivity contribution in [1.29, 1.82) is 0 Å². The first kappa shape index (κ1) is 19.0. The van der Waals surface area contributed by atoms with E-state index in [0.717, 1.165) is 27.7 Å². The second-order valence-electron chi connectivity index (χ2n) is 7.38. The predicted molar refractivity (Wildman–Crippen MR) is 117 cm³/mol. The molecular formula is C23H20N6O2. The number of imidazole rings is 1. The fourth-order valence-corrected chi connectivity index (χ4v) is 3.68. The third kappa shape index (κ3) is 3.53. The van der Waals surface area contributed by atoms with Crippen LogP contribution in [-0.4, -0.2) is 42.4 Å². The summed E-state index contributed by atoms with van der Waals surface area (Å²) in [5, 5.41) is 16.8. The minimum atomic E-state index is -0.529. The van der Waals surface area contributed by atoms with Gasteiger partial charge in [0.25, 0.3) is 5.91 Å². The first-order valence-electron chi connectivity index (χ1n) is 9.89. The van der Waals surface area contributed by atoms with Gasteiger partial charge < -0.3 is 15.5 Å². The van der Waals surface area contributed by atoms with E-state index in [1.54, 1.807) is 12.4 Å². The molecule has 0 saturated carbocycles. The highest BCUT2D eigenvalue weighted by atomic mass is 16.3. The zero-order chi connectivity index (χ0) is 21.4. The molecule has 0 aliphatic rings. The Bertz CT molecular complexity index is 1390. The molecule has 2 aromatic carbocycles. The highest BCUT2D eigenvalue weighted by molar-refractivity contribution is 5.98. The summed E-state index contributed by atoms with van der Waals surface area (Å²) in [4.78, 5) is 25.7. The number of benzene rings is 2. The van der Waals surface area contributed by atoms with Gasteiger partial charge in [0.1, 0.15) is 0 Å². The molecule has 3 N–H and O–H groups in total. The fourth-order valence-electron chi connectivity index (χ4n) is 3.68. The Morgan fingerprint density at radius 1 is 1.13 bits per heavy atom. The summed E-state index contributed by atoms with van der Waals surface area (Å²) in [6.45, 7) is 1.75. The number of nitrogens with one attached hydrogen (secondary N) is 2. The average Bonchev–Trinajstić information content (AvgIpc) is 3.39. The van der Waals surface area contributed by atoms with Crippen LogP contribution in [0.3, 0.4) is 0 Å². The second-order valence-corrected chi connectivity index (χ2v) is 7.38. The smallest absolute Gasteiger partial charge is 0.289 e. The summed E-state index contributed by atoms with van der Waals surface area (Å²) in [5.74, 6) is -0.349. The minimum Gasteiger partial charge on any atom is -0.394 e. The zero-order valence-corrected chi connectivity index (χ0v) is 16.8. The number of hydrogen-bond acceptors (Lipinski definition) is 5. The molecule has 1 atom stereocenters. The van der Waals surface area contributed by atoms with Gasteiger partial charge in [0.2, 0.25) is 5.82 Å². The molecule has 0 aliphatic carbocycles. The number of nitrogens with zero attached hydrogens (tertiary/aromatic N) is 4. The van der Waals surface area contributed by atoms with E-state index < -0.39 is 11.9 Å². The van der Waals surface area contributed by atoms with Crippen molar-refractivity contribution in [1.82, 2.24) is 30.0 Å². The van der Waals surface area contributed by atoms with Crippen LogP contribution in [0.25, 0.3) is 27.6 Å². The first-order chi connectivity index (χ1) is 15.1. The molecule has 0 bridgehead atoms. The van der Waals surface area contributed by atoms with Crippen LogP contribution in [0.5, 0.6) is 0 Å². The summed E-state index contributed by atoms with van der Waals surface area (Å²) in [6, 6.07) is 14.7. The molecule has 3 aromatic heterocycles. The molecule has 8 heteroatoms. The van der Waals surface area contributed by atoms with Gasteiger partial charge >= 0.3 is 0 Å². The van der Waals surface area contributed by atoms with Crippen LogP contribution in [0.2, 0.25) is 0 Å². The maximum atomic E-state index is 12.8. The van der Waals surface area contributed by atoms with Crippen molar-refractivity contribution in [2.75, 3.05) is 6.61 Å². The van der Waals surface area contributed by atoms with Crippen molar-refractivity contribution in [2.24, 2.45) is 0 Å². The SMILES string of the molecule is Cc1cccc(C(CO)NC(=O)c2nc3cc4c[nH]n(-c5ccncc5)c4cc3n2)c1. The molecule has 8 nitrogen and oxygen atoms in total. The van der Waals surface area contributed by atoms with E-state index >= 15 is 0 Å². The van der Waals surface area contributed by atoms with E-state index in [2.05, 4.69) is 25.4 Å². The molecule has 1 unspecified atom stereocenters. The molecule has 3 heterocycles. The lowest BCUT2D eigenvalue weighted by molar-refractivity contribution is 0.0907. The number of aliphatic hydroxyl groups is 1. The van der Waals surface area contributed by atoms with Crippen molar-refractivity contribution in [3.05, 3.63) is 84.1 Å². The van der Waals surface area contributed by atoms with Gasteiger partial charge in [0.15, 0.2) is 0 Å². The molecule has 0 fully saturated rings. The van der Waals surface area contributed by atoms with Crippen LogP contribution in [0.4, 0.5) is 0 Å². The van der Waals surface area contributed by atoms with Crippen molar-refractivity contribution < 1.29 is 9.90 Å². The number of aromatic nitrogens is 5. The van der Waals surface area contributed by atoms with Gasteiger partial charge in [-0.25, -0.2) is 9.97 Å². The topological polar surface area (TPSA) is 109 Å². The lowest BCUT2D eigenvalue weighted by atomic mass is 10.1. The number of H-pyrrole nitrogens is 1. The molecule has 1 amide bonds. The summed E-state index contributed by atoms with van der Waals surface area (Å²) in [7, 11) is 0. The molecule has 0 saturated heterocycles. The quantitative estimate of drug-likeness (QED) is 0.411.